The van der Waals surface area contributed by atoms with Gasteiger partial charge >= 0.3 is 11.9 Å². The first kappa shape index (κ1) is 15.3. The van der Waals surface area contributed by atoms with E-state index in [0.717, 1.165) is 11.1 Å². The minimum Gasteiger partial charge on any atom is -0.478 e. The van der Waals surface area contributed by atoms with Crippen LogP contribution in [0.4, 0.5) is 5.82 Å². The lowest BCUT2D eigenvalue weighted by molar-refractivity contribution is 0.0695. The van der Waals surface area contributed by atoms with Crippen LogP contribution in [0.15, 0.2) is 23.0 Å². The van der Waals surface area contributed by atoms with E-state index in [-0.39, 0.29) is 11.4 Å². The molecule has 0 radical (unpaired) electrons. The van der Waals surface area contributed by atoms with E-state index < -0.39 is 28.6 Å². The van der Waals surface area contributed by atoms with Crippen molar-refractivity contribution in [1.82, 2.24) is 4.98 Å². The van der Waals surface area contributed by atoms with Gasteiger partial charge in [0.1, 0.15) is 16.9 Å². The first-order valence-electron chi connectivity index (χ1n) is 6.34. The molecular formula is C15H14N2O5. The predicted octanol–water partition coefficient (Wildman–Crippen LogP) is 1.64. The predicted molar refractivity (Wildman–Crippen MR) is 80.3 cm³/mol. The van der Waals surface area contributed by atoms with Crippen molar-refractivity contribution in [2.24, 2.45) is 0 Å². The van der Waals surface area contributed by atoms with Gasteiger partial charge in [0.25, 0.3) is 5.56 Å². The standard InChI is InChI=1S/C15H14N2O5/c1-6-3-4-8(5-7(6)2)9-10(14(19)20)12(16)17-13(18)11(9)15(21)22/h3-5H,1-2H3,(H,19,20)(H,21,22)(H3,16,17,18). The first-order valence-corrected chi connectivity index (χ1v) is 6.34. The van der Waals surface area contributed by atoms with Gasteiger partial charge in [0.15, 0.2) is 0 Å². The van der Waals surface area contributed by atoms with E-state index in [0.29, 0.717) is 5.56 Å². The van der Waals surface area contributed by atoms with Gasteiger partial charge in [-0.05, 0) is 30.5 Å². The van der Waals surface area contributed by atoms with Gasteiger partial charge in [-0.3, -0.25) is 4.79 Å². The summed E-state index contributed by atoms with van der Waals surface area (Å²) in [5, 5.41) is 18.6. The zero-order valence-electron chi connectivity index (χ0n) is 11.9. The molecule has 0 aliphatic carbocycles. The number of nitrogen functional groups attached to an aromatic ring is 1. The van der Waals surface area contributed by atoms with Gasteiger partial charge in [-0.15, -0.1) is 0 Å². The molecule has 0 aliphatic rings. The SMILES string of the molecule is Cc1ccc(-c2c(C(=O)O)c(N)[nH]c(=O)c2C(=O)O)cc1C. The highest BCUT2D eigenvalue weighted by molar-refractivity contribution is 6.07. The molecule has 1 aromatic carbocycles. The molecule has 1 heterocycles. The molecule has 1 aromatic heterocycles. The van der Waals surface area contributed by atoms with E-state index in [9.17, 15) is 24.6 Å². The maximum Gasteiger partial charge on any atom is 0.342 e. The van der Waals surface area contributed by atoms with Crippen LogP contribution in [0, 0.1) is 13.8 Å². The van der Waals surface area contributed by atoms with Crippen LogP contribution in [-0.2, 0) is 0 Å². The molecule has 7 nitrogen and oxygen atoms in total. The quantitative estimate of drug-likeness (QED) is 0.681. The van der Waals surface area contributed by atoms with Crippen LogP contribution in [0.3, 0.4) is 0 Å². The van der Waals surface area contributed by atoms with Gasteiger partial charge in [-0.1, -0.05) is 18.2 Å². The summed E-state index contributed by atoms with van der Waals surface area (Å²) in [6.07, 6.45) is 0. The second kappa shape index (κ2) is 5.36. The summed E-state index contributed by atoms with van der Waals surface area (Å²) >= 11 is 0. The van der Waals surface area contributed by atoms with E-state index >= 15 is 0 Å². The molecule has 0 spiro atoms. The van der Waals surface area contributed by atoms with Crippen LogP contribution >= 0.6 is 0 Å². The Morgan fingerprint density at radius 3 is 2.14 bits per heavy atom. The number of aromatic amines is 1. The molecule has 22 heavy (non-hydrogen) atoms. The molecule has 0 fully saturated rings. The molecule has 5 N–H and O–H groups in total. The number of aromatic nitrogens is 1. The zero-order valence-corrected chi connectivity index (χ0v) is 11.9. The first-order chi connectivity index (χ1) is 10.2. The maximum absolute atomic E-state index is 11.9. The fraction of sp³-hybridized carbons (Fsp3) is 0.133. The number of carboxylic acid groups (broad SMARTS) is 2. The van der Waals surface area contributed by atoms with E-state index in [2.05, 4.69) is 4.98 Å². The number of carbonyl (C=O) groups is 2. The third-order valence-electron chi connectivity index (χ3n) is 3.47. The summed E-state index contributed by atoms with van der Waals surface area (Å²) in [6, 6.07) is 4.91. The molecule has 0 amide bonds. The number of nitrogens with one attached hydrogen (secondary N) is 1. The molecule has 0 unspecified atom stereocenters. The Bertz CT molecular complexity index is 852. The van der Waals surface area contributed by atoms with Gasteiger partial charge < -0.3 is 20.9 Å². The topological polar surface area (TPSA) is 133 Å². The number of rotatable bonds is 3. The number of carboxylic acids is 2. The van der Waals surface area contributed by atoms with Crippen LogP contribution < -0.4 is 11.3 Å². The number of benzene rings is 1. The smallest absolute Gasteiger partial charge is 0.342 e. The maximum atomic E-state index is 11.9. The summed E-state index contributed by atoms with van der Waals surface area (Å²) in [4.78, 5) is 36.8. The summed E-state index contributed by atoms with van der Waals surface area (Å²) in [5.41, 5.74) is 5.47. The molecule has 0 saturated heterocycles. The van der Waals surface area contributed by atoms with Gasteiger partial charge in [0.05, 0.1) is 0 Å². The van der Waals surface area contributed by atoms with Crippen LogP contribution in [0.25, 0.3) is 11.1 Å². The number of hydrogen-bond acceptors (Lipinski definition) is 4. The second-order valence-corrected chi connectivity index (χ2v) is 4.90. The highest BCUT2D eigenvalue weighted by atomic mass is 16.4. The van der Waals surface area contributed by atoms with Crippen LogP contribution in [0.5, 0.6) is 0 Å². The summed E-state index contributed by atoms with van der Waals surface area (Å²) in [6.45, 7) is 3.66. The summed E-state index contributed by atoms with van der Waals surface area (Å²) in [7, 11) is 0. The van der Waals surface area contributed by atoms with Crippen LogP contribution in [0.2, 0.25) is 0 Å². The van der Waals surface area contributed by atoms with Crippen LogP contribution in [-0.4, -0.2) is 27.1 Å². The number of aryl methyl sites for hydroxylation is 2. The van der Waals surface area contributed by atoms with Crippen LogP contribution in [0.1, 0.15) is 31.8 Å². The molecule has 0 saturated carbocycles. The minimum absolute atomic E-state index is 0.190. The molecule has 0 atom stereocenters. The largest absolute Gasteiger partial charge is 0.478 e. The monoisotopic (exact) mass is 302 g/mol. The lowest BCUT2D eigenvalue weighted by atomic mass is 9.93. The average Bonchev–Trinajstić information content (AvgIpc) is 2.39. The Morgan fingerprint density at radius 1 is 1.05 bits per heavy atom. The highest BCUT2D eigenvalue weighted by Crippen LogP contribution is 2.30. The summed E-state index contributed by atoms with van der Waals surface area (Å²) < 4.78 is 0. The molecular weight excluding hydrogens is 288 g/mol. The average molecular weight is 302 g/mol. The third-order valence-corrected chi connectivity index (χ3v) is 3.47. The number of hydrogen-bond donors (Lipinski definition) is 4. The molecule has 7 heteroatoms. The van der Waals surface area contributed by atoms with E-state index in [1.807, 2.05) is 6.92 Å². The van der Waals surface area contributed by atoms with Crippen molar-refractivity contribution in [2.75, 3.05) is 5.73 Å². The molecule has 2 aromatic rings. The normalized spacial score (nSPS) is 10.5. The highest BCUT2D eigenvalue weighted by Gasteiger charge is 2.26. The van der Waals surface area contributed by atoms with Crippen molar-refractivity contribution in [2.45, 2.75) is 13.8 Å². The fourth-order valence-electron chi connectivity index (χ4n) is 2.23. The van der Waals surface area contributed by atoms with Crippen molar-refractivity contribution in [3.63, 3.8) is 0 Å². The Labute approximate surface area is 125 Å². The number of pyridine rings is 1. The van der Waals surface area contributed by atoms with Crippen molar-refractivity contribution in [3.05, 3.63) is 50.8 Å². The Balaban J connectivity index is 2.98. The number of H-pyrrole nitrogens is 1. The van der Waals surface area contributed by atoms with Crippen molar-refractivity contribution >= 4 is 17.8 Å². The Morgan fingerprint density at radius 2 is 1.64 bits per heavy atom. The van der Waals surface area contributed by atoms with E-state index in [4.69, 9.17) is 5.73 Å². The van der Waals surface area contributed by atoms with Crippen molar-refractivity contribution in [1.29, 1.82) is 0 Å². The Hall–Kier alpha value is -3.09. The van der Waals surface area contributed by atoms with Crippen molar-refractivity contribution < 1.29 is 19.8 Å². The van der Waals surface area contributed by atoms with E-state index in [1.54, 1.807) is 25.1 Å². The van der Waals surface area contributed by atoms with Gasteiger partial charge in [0.2, 0.25) is 0 Å². The van der Waals surface area contributed by atoms with Gasteiger partial charge in [-0.25, -0.2) is 9.59 Å². The van der Waals surface area contributed by atoms with E-state index in [1.165, 1.54) is 0 Å². The zero-order chi connectivity index (χ0) is 16.6. The number of aromatic carboxylic acids is 2. The Kier molecular flexibility index (Phi) is 3.73. The minimum atomic E-state index is -1.52. The van der Waals surface area contributed by atoms with Crippen molar-refractivity contribution in [3.8, 4) is 11.1 Å². The second-order valence-electron chi connectivity index (χ2n) is 4.90. The molecule has 2 rings (SSSR count). The molecule has 0 aliphatic heterocycles. The lowest BCUT2D eigenvalue weighted by Gasteiger charge is -2.13. The number of anilines is 1. The lowest BCUT2D eigenvalue weighted by Crippen LogP contribution is -2.24. The number of nitrogens with two attached hydrogens (primary N) is 1. The summed E-state index contributed by atoms with van der Waals surface area (Å²) in [5.74, 6) is -3.31. The van der Waals surface area contributed by atoms with Gasteiger partial charge in [-0.2, -0.15) is 0 Å². The fourth-order valence-corrected chi connectivity index (χ4v) is 2.23. The molecule has 114 valence electrons. The molecule has 0 bridgehead atoms. The van der Waals surface area contributed by atoms with Gasteiger partial charge in [0, 0.05) is 5.56 Å². The third kappa shape index (κ3) is 2.44.